The van der Waals surface area contributed by atoms with Gasteiger partial charge in [0.2, 0.25) is 0 Å². The third-order valence-corrected chi connectivity index (χ3v) is 5.78. The molecular weight excluding hydrogens is 392 g/mol. The van der Waals surface area contributed by atoms with E-state index in [2.05, 4.69) is 5.32 Å². The Labute approximate surface area is 172 Å². The summed E-state index contributed by atoms with van der Waals surface area (Å²) >= 11 is 0. The van der Waals surface area contributed by atoms with Gasteiger partial charge >= 0.3 is 16.1 Å². The molecule has 0 bridgehead atoms. The predicted octanol–water partition coefficient (Wildman–Crippen LogP) is 3.79. The molecule has 0 aliphatic carbocycles. The van der Waals surface area contributed by atoms with Gasteiger partial charge in [0.25, 0.3) is 0 Å². The van der Waals surface area contributed by atoms with E-state index in [9.17, 15) is 13.2 Å². The highest BCUT2D eigenvalue weighted by Crippen LogP contribution is 2.23. The van der Waals surface area contributed by atoms with E-state index in [4.69, 9.17) is 8.92 Å². The quantitative estimate of drug-likeness (QED) is 0.624. The fraction of sp³-hybridized carbons (Fsp3) is 0.381. The maximum atomic E-state index is 12.5. The molecular formula is C21H28N2O5S. The monoisotopic (exact) mass is 420 g/mol. The zero-order chi connectivity index (χ0) is 21.4. The number of amides is 2. The zero-order valence-corrected chi connectivity index (χ0v) is 18.0. The summed E-state index contributed by atoms with van der Waals surface area (Å²) in [6.07, 6.45) is 0.805. The van der Waals surface area contributed by atoms with Crippen LogP contribution in [0.3, 0.4) is 0 Å². The summed E-state index contributed by atoms with van der Waals surface area (Å²) < 4.78 is 35.4. The van der Waals surface area contributed by atoms with Crippen LogP contribution in [0, 0.1) is 0 Å². The molecule has 2 aromatic carbocycles. The smallest absolute Gasteiger partial charge is 0.339 e. The van der Waals surface area contributed by atoms with Crippen molar-refractivity contribution in [3.63, 3.8) is 0 Å². The predicted molar refractivity (Wildman–Crippen MR) is 112 cm³/mol. The number of carbonyl (C=O) groups excluding carboxylic acids is 1. The van der Waals surface area contributed by atoms with Crippen molar-refractivity contribution in [3.05, 3.63) is 54.1 Å². The fourth-order valence-electron chi connectivity index (χ4n) is 2.71. The number of urea groups is 1. The molecule has 2 amide bonds. The largest absolute Gasteiger partial charge is 0.497 e. The van der Waals surface area contributed by atoms with Crippen molar-refractivity contribution in [2.24, 2.45) is 0 Å². The van der Waals surface area contributed by atoms with Crippen molar-refractivity contribution in [2.45, 2.75) is 44.7 Å². The van der Waals surface area contributed by atoms with Crippen LogP contribution < -0.4 is 14.2 Å². The highest BCUT2D eigenvalue weighted by Gasteiger charge is 2.20. The molecule has 1 atom stereocenters. The number of hydrogen-bond donors (Lipinski definition) is 1. The van der Waals surface area contributed by atoms with E-state index in [0.29, 0.717) is 18.8 Å². The number of benzene rings is 2. The summed E-state index contributed by atoms with van der Waals surface area (Å²) in [6, 6.07) is 12.6. The van der Waals surface area contributed by atoms with Gasteiger partial charge in [-0.05, 0) is 62.2 Å². The average Bonchev–Trinajstić information content (AvgIpc) is 2.71. The van der Waals surface area contributed by atoms with Gasteiger partial charge in [-0.15, -0.1) is 0 Å². The van der Waals surface area contributed by atoms with Gasteiger partial charge in [0.15, 0.2) is 0 Å². The maximum Gasteiger partial charge on any atom is 0.339 e. The number of nitrogens with one attached hydrogen (secondary N) is 1. The number of methoxy groups -OCH3 is 1. The maximum absolute atomic E-state index is 12.5. The lowest BCUT2D eigenvalue weighted by molar-refractivity contribution is 0.174. The number of ether oxygens (including phenoxy) is 1. The summed E-state index contributed by atoms with van der Waals surface area (Å²) in [7, 11) is -2.47. The van der Waals surface area contributed by atoms with Gasteiger partial charge in [-0.3, -0.25) is 0 Å². The van der Waals surface area contributed by atoms with E-state index in [1.807, 2.05) is 26.8 Å². The molecule has 2 rings (SSSR count). The van der Waals surface area contributed by atoms with Gasteiger partial charge in [0.05, 0.1) is 7.11 Å². The van der Waals surface area contributed by atoms with Crippen LogP contribution in [0.1, 0.15) is 32.8 Å². The van der Waals surface area contributed by atoms with E-state index in [1.165, 1.54) is 19.2 Å². The highest BCUT2D eigenvalue weighted by atomic mass is 32.2. The summed E-state index contributed by atoms with van der Waals surface area (Å²) in [6.45, 7) is 6.74. The van der Waals surface area contributed by atoms with E-state index in [0.717, 1.165) is 12.0 Å². The number of rotatable bonds is 9. The fourth-order valence-corrected chi connectivity index (χ4v) is 3.63. The first kappa shape index (κ1) is 22.5. The van der Waals surface area contributed by atoms with Crippen LogP contribution in [0.2, 0.25) is 0 Å². The number of carbonyl (C=O) groups is 1. The van der Waals surface area contributed by atoms with Crippen molar-refractivity contribution < 1.29 is 22.1 Å². The van der Waals surface area contributed by atoms with E-state index in [-0.39, 0.29) is 22.7 Å². The standard InChI is InChI=1S/C21H28N2O5S/c1-5-16(3)23(21(24)22-6-2)15-17-8-7-9-19(14-17)28-29(25,26)20-12-10-18(27-4)11-13-20/h7-14,16H,5-6,15H2,1-4H3,(H,22,24)/t16-/m1/s1. The molecule has 0 radical (unpaired) electrons. The topological polar surface area (TPSA) is 84.9 Å². The molecule has 0 aliphatic rings. The van der Waals surface area contributed by atoms with Crippen LogP contribution in [0.15, 0.2) is 53.4 Å². The van der Waals surface area contributed by atoms with Gasteiger partial charge in [0.1, 0.15) is 16.4 Å². The van der Waals surface area contributed by atoms with Gasteiger partial charge in [0, 0.05) is 19.1 Å². The minimum absolute atomic E-state index is 0.0345. The average molecular weight is 421 g/mol. The molecule has 8 heteroatoms. The molecule has 0 aliphatic heterocycles. The molecule has 2 aromatic rings. The molecule has 158 valence electrons. The van der Waals surface area contributed by atoms with Crippen molar-refractivity contribution in [2.75, 3.05) is 13.7 Å². The molecule has 0 heterocycles. The molecule has 1 N–H and O–H groups in total. The lowest BCUT2D eigenvalue weighted by Crippen LogP contribution is -2.44. The molecule has 7 nitrogen and oxygen atoms in total. The Balaban J connectivity index is 2.20. The molecule has 0 unspecified atom stereocenters. The van der Waals surface area contributed by atoms with E-state index in [1.54, 1.807) is 35.2 Å². The molecule has 29 heavy (non-hydrogen) atoms. The van der Waals surface area contributed by atoms with E-state index >= 15 is 0 Å². The SMILES string of the molecule is CCNC(=O)N(Cc1cccc(OS(=O)(=O)c2ccc(OC)cc2)c1)[C@H](C)CC. The Morgan fingerprint density at radius 3 is 2.38 bits per heavy atom. The van der Waals surface area contributed by atoms with Gasteiger partial charge < -0.3 is 19.1 Å². The van der Waals surface area contributed by atoms with Crippen LogP contribution in [0.4, 0.5) is 4.79 Å². The minimum atomic E-state index is -3.98. The Hall–Kier alpha value is -2.74. The van der Waals surface area contributed by atoms with Crippen molar-refractivity contribution in [1.82, 2.24) is 10.2 Å². The van der Waals surface area contributed by atoms with Crippen LogP contribution in [0.5, 0.6) is 11.5 Å². The zero-order valence-electron chi connectivity index (χ0n) is 17.2. The first-order valence-electron chi connectivity index (χ1n) is 9.52. The summed E-state index contributed by atoms with van der Waals surface area (Å²) in [5, 5.41) is 2.81. The second kappa shape index (κ2) is 10.2. The Kier molecular flexibility index (Phi) is 7.90. The Bertz CT molecular complexity index is 913. The van der Waals surface area contributed by atoms with E-state index < -0.39 is 10.1 Å². The Morgan fingerprint density at radius 2 is 1.79 bits per heavy atom. The van der Waals surface area contributed by atoms with Gasteiger partial charge in [-0.1, -0.05) is 19.1 Å². The third kappa shape index (κ3) is 6.12. The molecule has 0 spiro atoms. The van der Waals surface area contributed by atoms with Gasteiger partial charge in [-0.25, -0.2) is 4.79 Å². The van der Waals surface area contributed by atoms with Crippen molar-refractivity contribution in [1.29, 1.82) is 0 Å². The molecule has 0 saturated carbocycles. The van der Waals surface area contributed by atoms with Crippen molar-refractivity contribution in [3.8, 4) is 11.5 Å². The number of hydrogen-bond acceptors (Lipinski definition) is 5. The molecule has 0 fully saturated rings. The van der Waals surface area contributed by atoms with Gasteiger partial charge in [-0.2, -0.15) is 8.42 Å². The normalized spacial score (nSPS) is 12.1. The lowest BCUT2D eigenvalue weighted by Gasteiger charge is -2.28. The minimum Gasteiger partial charge on any atom is -0.497 e. The van der Waals surface area contributed by atoms with Crippen molar-refractivity contribution >= 4 is 16.1 Å². The van der Waals surface area contributed by atoms with Crippen LogP contribution in [-0.4, -0.2) is 39.0 Å². The molecule has 0 aromatic heterocycles. The third-order valence-electron chi connectivity index (χ3n) is 4.52. The highest BCUT2D eigenvalue weighted by molar-refractivity contribution is 7.87. The van der Waals surface area contributed by atoms with Crippen LogP contribution >= 0.6 is 0 Å². The second-order valence-electron chi connectivity index (χ2n) is 6.58. The van der Waals surface area contributed by atoms with Crippen LogP contribution in [-0.2, 0) is 16.7 Å². The summed E-state index contributed by atoms with van der Waals surface area (Å²) in [4.78, 5) is 14.1. The lowest BCUT2D eigenvalue weighted by atomic mass is 10.1. The summed E-state index contributed by atoms with van der Waals surface area (Å²) in [5.74, 6) is 0.750. The molecule has 0 saturated heterocycles. The first-order chi connectivity index (χ1) is 13.8. The second-order valence-corrected chi connectivity index (χ2v) is 8.13. The van der Waals surface area contributed by atoms with Crippen LogP contribution in [0.25, 0.3) is 0 Å². The first-order valence-corrected chi connectivity index (χ1v) is 10.9. The summed E-state index contributed by atoms with van der Waals surface area (Å²) in [5.41, 5.74) is 0.777. The Morgan fingerprint density at radius 1 is 1.10 bits per heavy atom. The number of nitrogens with zero attached hydrogens (tertiary/aromatic N) is 1.